The molecular formula is C29H41N2+. The highest BCUT2D eigenvalue weighted by Crippen LogP contribution is 2.53. The quantitative estimate of drug-likeness (QED) is 0.389. The van der Waals surface area contributed by atoms with Gasteiger partial charge in [-0.2, -0.15) is 4.57 Å². The first-order valence-corrected chi connectivity index (χ1v) is 12.1. The van der Waals surface area contributed by atoms with Crippen molar-refractivity contribution in [2.75, 3.05) is 0 Å². The summed E-state index contributed by atoms with van der Waals surface area (Å²) in [6.07, 6.45) is 9.26. The largest absolute Gasteiger partial charge is 0.258 e. The molecule has 0 radical (unpaired) electrons. The van der Waals surface area contributed by atoms with E-state index in [1.807, 2.05) is 0 Å². The molecule has 31 heavy (non-hydrogen) atoms. The monoisotopic (exact) mass is 417 g/mol. The van der Waals surface area contributed by atoms with E-state index >= 15 is 0 Å². The second-order valence-electron chi connectivity index (χ2n) is 11.6. The van der Waals surface area contributed by atoms with Crippen molar-refractivity contribution in [2.45, 2.75) is 110 Å². The van der Waals surface area contributed by atoms with E-state index in [4.69, 9.17) is 4.98 Å². The molecule has 2 aliphatic rings. The molecule has 0 saturated heterocycles. The van der Waals surface area contributed by atoms with Crippen LogP contribution in [0.5, 0.6) is 0 Å². The summed E-state index contributed by atoms with van der Waals surface area (Å²) in [5.74, 6) is 0. The van der Waals surface area contributed by atoms with Crippen LogP contribution in [-0.4, -0.2) is 4.98 Å². The highest BCUT2D eigenvalue weighted by molar-refractivity contribution is 5.70. The van der Waals surface area contributed by atoms with Crippen molar-refractivity contribution in [3.8, 4) is 11.3 Å². The number of fused-ring (bicyclic) bond motifs is 4. The van der Waals surface area contributed by atoms with Gasteiger partial charge >= 0.3 is 0 Å². The lowest BCUT2D eigenvalue weighted by Crippen LogP contribution is -2.68. The first-order valence-electron chi connectivity index (χ1n) is 12.1. The minimum atomic E-state index is -0.170. The van der Waals surface area contributed by atoms with Crippen LogP contribution in [0.25, 0.3) is 11.3 Å². The van der Waals surface area contributed by atoms with Gasteiger partial charge in [0.1, 0.15) is 0 Å². The summed E-state index contributed by atoms with van der Waals surface area (Å²) in [4.78, 5) is 4.92. The highest BCUT2D eigenvalue weighted by atomic mass is 15.1. The van der Waals surface area contributed by atoms with Crippen LogP contribution in [0.4, 0.5) is 0 Å². The van der Waals surface area contributed by atoms with Crippen molar-refractivity contribution < 1.29 is 4.57 Å². The molecule has 1 aliphatic heterocycles. The number of rotatable bonds is 3. The van der Waals surface area contributed by atoms with Gasteiger partial charge in [0.15, 0.2) is 11.7 Å². The van der Waals surface area contributed by atoms with Crippen LogP contribution in [0.3, 0.4) is 0 Å². The summed E-state index contributed by atoms with van der Waals surface area (Å²) in [5.41, 5.74) is 9.51. The Morgan fingerprint density at radius 1 is 0.935 bits per heavy atom. The van der Waals surface area contributed by atoms with E-state index in [1.165, 1.54) is 40.8 Å². The lowest BCUT2D eigenvalue weighted by molar-refractivity contribution is -0.756. The zero-order valence-corrected chi connectivity index (χ0v) is 21.2. The van der Waals surface area contributed by atoms with Gasteiger partial charge < -0.3 is 0 Å². The second-order valence-corrected chi connectivity index (χ2v) is 11.6. The number of hydrogen-bond donors (Lipinski definition) is 0. The summed E-state index contributed by atoms with van der Waals surface area (Å²) < 4.78 is 2.60. The van der Waals surface area contributed by atoms with Gasteiger partial charge in [-0.15, -0.1) is 0 Å². The molecule has 2 atom stereocenters. The van der Waals surface area contributed by atoms with Gasteiger partial charge in [0.2, 0.25) is 5.69 Å². The van der Waals surface area contributed by atoms with Crippen LogP contribution in [0.1, 0.15) is 102 Å². The normalized spacial score (nSPS) is 27.8. The molecule has 0 spiro atoms. The van der Waals surface area contributed by atoms with E-state index in [9.17, 15) is 0 Å². The fourth-order valence-electron chi connectivity index (χ4n) is 6.68. The molecule has 0 aromatic carbocycles. The van der Waals surface area contributed by atoms with Gasteiger partial charge in [0.25, 0.3) is 0 Å². The molecule has 3 heterocycles. The zero-order valence-electron chi connectivity index (χ0n) is 21.2. The Labute approximate surface area is 189 Å². The minimum absolute atomic E-state index is 0.0441. The molecule has 2 aromatic heterocycles. The first kappa shape index (κ1) is 22.2. The van der Waals surface area contributed by atoms with Crippen LogP contribution in [0.2, 0.25) is 0 Å². The molecule has 2 nitrogen and oxygen atoms in total. The Morgan fingerprint density at radius 3 is 2.10 bits per heavy atom. The van der Waals surface area contributed by atoms with Crippen molar-refractivity contribution in [1.29, 1.82) is 0 Å². The van der Waals surface area contributed by atoms with E-state index in [2.05, 4.69) is 97.9 Å². The van der Waals surface area contributed by atoms with Gasteiger partial charge in [-0.3, -0.25) is 4.98 Å². The van der Waals surface area contributed by atoms with E-state index in [0.717, 1.165) is 24.2 Å². The third-order valence-corrected chi connectivity index (χ3v) is 9.07. The molecule has 2 heteroatoms. The number of pyridine rings is 2. The maximum atomic E-state index is 4.92. The van der Waals surface area contributed by atoms with Crippen LogP contribution in [0.15, 0.2) is 31.0 Å². The average Bonchev–Trinajstić information content (AvgIpc) is 2.71. The third-order valence-electron chi connectivity index (χ3n) is 9.07. The Kier molecular flexibility index (Phi) is 4.86. The van der Waals surface area contributed by atoms with Crippen LogP contribution < -0.4 is 4.57 Å². The molecule has 0 fully saturated rings. The smallest absolute Gasteiger partial charge is 0.215 e. The molecular weight excluding hydrogens is 376 g/mol. The summed E-state index contributed by atoms with van der Waals surface area (Å²) >= 11 is 0. The third kappa shape index (κ3) is 2.76. The van der Waals surface area contributed by atoms with Crippen molar-refractivity contribution in [3.63, 3.8) is 0 Å². The van der Waals surface area contributed by atoms with Gasteiger partial charge in [0, 0.05) is 23.7 Å². The Hall–Kier alpha value is -1.96. The molecule has 166 valence electrons. The number of nitrogens with zero attached hydrogens (tertiary/aromatic N) is 2. The van der Waals surface area contributed by atoms with Crippen LogP contribution in [-0.2, 0) is 21.8 Å². The number of allylic oxidation sites excluding steroid dienone is 1. The van der Waals surface area contributed by atoms with Crippen LogP contribution in [0, 0.1) is 13.8 Å². The van der Waals surface area contributed by atoms with Crippen molar-refractivity contribution in [2.24, 2.45) is 0 Å². The summed E-state index contributed by atoms with van der Waals surface area (Å²) in [6.45, 7) is 25.5. The second kappa shape index (κ2) is 6.77. The summed E-state index contributed by atoms with van der Waals surface area (Å²) in [6, 6.07) is 4.86. The number of aryl methyl sites for hydroxylation is 2. The van der Waals surface area contributed by atoms with Crippen molar-refractivity contribution in [3.05, 3.63) is 59.1 Å². The van der Waals surface area contributed by atoms with Gasteiger partial charge in [0.05, 0.1) is 16.7 Å². The molecule has 0 bridgehead atoms. The van der Waals surface area contributed by atoms with E-state index in [0.29, 0.717) is 0 Å². The van der Waals surface area contributed by atoms with Gasteiger partial charge in [-0.1, -0.05) is 48.1 Å². The summed E-state index contributed by atoms with van der Waals surface area (Å²) in [5, 5.41) is 0. The lowest BCUT2D eigenvalue weighted by atomic mass is 9.58. The fourth-order valence-corrected chi connectivity index (χ4v) is 6.68. The standard InChI is InChI=1S/C29H41N2/c1-11-28(10)22-16-19(4)30-20(5)25(22)24-17-21-23(18-31(24)29(28,12-2)13-3)27(8,9)15-14-26(21,6)7/h12,16-18H,2,11,13-15H2,1,3-10H3/q+1. The summed E-state index contributed by atoms with van der Waals surface area (Å²) in [7, 11) is 0. The molecule has 0 N–H and O–H groups in total. The maximum absolute atomic E-state index is 4.92. The predicted octanol–water partition coefficient (Wildman–Crippen LogP) is 6.97. The Bertz CT molecular complexity index is 1070. The average molecular weight is 418 g/mol. The van der Waals surface area contributed by atoms with Crippen molar-refractivity contribution in [1.82, 2.24) is 4.98 Å². The number of hydrogen-bond acceptors (Lipinski definition) is 1. The van der Waals surface area contributed by atoms with Crippen LogP contribution >= 0.6 is 0 Å². The molecule has 4 rings (SSSR count). The molecule has 1 aliphatic carbocycles. The first-order chi connectivity index (χ1) is 14.4. The van der Waals surface area contributed by atoms with Crippen molar-refractivity contribution >= 4 is 0 Å². The topological polar surface area (TPSA) is 16.8 Å². The van der Waals surface area contributed by atoms with E-state index in [1.54, 1.807) is 0 Å². The zero-order chi connectivity index (χ0) is 23.0. The number of aromatic nitrogens is 2. The maximum Gasteiger partial charge on any atom is 0.215 e. The highest BCUT2D eigenvalue weighted by Gasteiger charge is 2.59. The Morgan fingerprint density at radius 2 is 1.55 bits per heavy atom. The minimum Gasteiger partial charge on any atom is -0.258 e. The molecule has 2 aromatic rings. The fraction of sp³-hybridized carbons (Fsp3) is 0.586. The molecule has 0 saturated carbocycles. The van der Waals surface area contributed by atoms with Gasteiger partial charge in [-0.25, -0.2) is 0 Å². The lowest BCUT2D eigenvalue weighted by Gasteiger charge is -2.48. The molecule has 2 unspecified atom stereocenters. The Balaban J connectivity index is 2.22. The van der Waals surface area contributed by atoms with E-state index < -0.39 is 0 Å². The SMILES string of the molecule is C=CC1(CC)[n+]2cc3c(cc2-c2c(cc(C)nc2C)C1(C)CC)C(C)(C)CCC3(C)C. The van der Waals surface area contributed by atoms with Gasteiger partial charge in [-0.05, 0) is 74.1 Å². The van der Waals surface area contributed by atoms with E-state index in [-0.39, 0.29) is 21.8 Å². The molecule has 0 amide bonds. The predicted molar refractivity (Wildman–Crippen MR) is 131 cm³/mol.